The van der Waals surface area contributed by atoms with Crippen molar-refractivity contribution >= 4 is 23.7 Å². The average molecular weight is 386 g/mol. The molecule has 1 amide bonds. The summed E-state index contributed by atoms with van der Waals surface area (Å²) in [6.45, 7) is 5.74. The number of aliphatic imine (C=N–C) groups is 2. The van der Waals surface area contributed by atoms with Gasteiger partial charge in [-0.25, -0.2) is 4.99 Å². The van der Waals surface area contributed by atoms with Crippen molar-refractivity contribution in [2.75, 3.05) is 19.7 Å². The van der Waals surface area contributed by atoms with Crippen LogP contribution in [0.15, 0.2) is 69.8 Å². The molecule has 1 fully saturated rings. The molecule has 146 valence electrons. The van der Waals surface area contributed by atoms with Gasteiger partial charge in [-0.05, 0) is 36.1 Å². The van der Waals surface area contributed by atoms with Gasteiger partial charge in [0, 0.05) is 36.9 Å². The molecular formula is C23H22N4O2. The summed E-state index contributed by atoms with van der Waals surface area (Å²) < 4.78 is 5.79. The van der Waals surface area contributed by atoms with Crippen molar-refractivity contribution in [2.45, 2.75) is 19.3 Å². The van der Waals surface area contributed by atoms with Gasteiger partial charge in [0.1, 0.15) is 12.7 Å². The van der Waals surface area contributed by atoms with Crippen molar-refractivity contribution in [3.05, 3.63) is 65.4 Å². The fourth-order valence-electron chi connectivity index (χ4n) is 3.79. The van der Waals surface area contributed by atoms with Gasteiger partial charge >= 0.3 is 0 Å². The van der Waals surface area contributed by atoms with E-state index in [0.29, 0.717) is 36.6 Å². The second-order valence-electron chi connectivity index (χ2n) is 7.26. The third-order valence-electron chi connectivity index (χ3n) is 5.34. The monoisotopic (exact) mass is 386 g/mol. The number of hydrogen-bond acceptors (Lipinski definition) is 5. The minimum atomic E-state index is -0.0238. The topological polar surface area (TPSA) is 78.0 Å². The first-order valence-electron chi connectivity index (χ1n) is 9.77. The van der Waals surface area contributed by atoms with E-state index in [1.807, 2.05) is 30.5 Å². The summed E-state index contributed by atoms with van der Waals surface area (Å²) in [6.07, 6.45) is 7.57. The zero-order chi connectivity index (χ0) is 20.2. The number of benzene rings is 1. The molecule has 1 atom stereocenters. The Morgan fingerprint density at radius 2 is 2.21 bits per heavy atom. The third kappa shape index (κ3) is 4.04. The molecule has 4 rings (SSSR count). The van der Waals surface area contributed by atoms with Crippen LogP contribution in [0.25, 0.3) is 0 Å². The molecule has 1 saturated heterocycles. The van der Waals surface area contributed by atoms with Gasteiger partial charge in [0.05, 0.1) is 17.8 Å². The van der Waals surface area contributed by atoms with E-state index in [1.54, 1.807) is 4.90 Å². The smallest absolute Gasteiger partial charge is 0.222 e. The summed E-state index contributed by atoms with van der Waals surface area (Å²) in [6, 6.07) is 10.3. The minimum Gasteiger partial charge on any atom is -0.475 e. The molecule has 3 heterocycles. The molecule has 29 heavy (non-hydrogen) atoms. The van der Waals surface area contributed by atoms with E-state index in [2.05, 4.69) is 28.7 Å². The first-order chi connectivity index (χ1) is 14.2. The van der Waals surface area contributed by atoms with Crippen LogP contribution < -0.4 is 0 Å². The van der Waals surface area contributed by atoms with E-state index in [9.17, 15) is 10.1 Å². The van der Waals surface area contributed by atoms with Crippen LogP contribution >= 0.6 is 0 Å². The Bertz CT molecular complexity index is 1010. The second-order valence-corrected chi connectivity index (χ2v) is 7.26. The number of carbonyl (C=O) groups is 1. The van der Waals surface area contributed by atoms with Crippen molar-refractivity contribution in [1.82, 2.24) is 4.90 Å². The Labute approximate surface area is 170 Å². The number of ether oxygens (including phenoxy) is 1. The van der Waals surface area contributed by atoms with Crippen LogP contribution in [-0.4, -0.2) is 42.6 Å². The van der Waals surface area contributed by atoms with Gasteiger partial charge in [0.2, 0.25) is 11.8 Å². The number of hydrogen-bond donors (Lipinski definition) is 0. The van der Waals surface area contributed by atoms with Gasteiger partial charge in [-0.1, -0.05) is 24.8 Å². The Hall–Kier alpha value is -3.46. The highest BCUT2D eigenvalue weighted by molar-refractivity contribution is 5.97. The number of carbonyl (C=O) groups excluding carboxylic acids is 1. The molecule has 3 aliphatic heterocycles. The molecule has 1 aromatic carbocycles. The van der Waals surface area contributed by atoms with Crippen molar-refractivity contribution in [1.29, 1.82) is 5.26 Å². The van der Waals surface area contributed by atoms with Gasteiger partial charge < -0.3 is 9.64 Å². The summed E-state index contributed by atoms with van der Waals surface area (Å²) in [5.41, 5.74) is 4.06. The molecule has 1 aromatic rings. The van der Waals surface area contributed by atoms with Gasteiger partial charge in [-0.2, -0.15) is 5.26 Å². The van der Waals surface area contributed by atoms with Gasteiger partial charge in [-0.3, -0.25) is 9.79 Å². The van der Waals surface area contributed by atoms with Crippen LogP contribution in [0.2, 0.25) is 0 Å². The summed E-state index contributed by atoms with van der Waals surface area (Å²) >= 11 is 0. The first-order valence-corrected chi connectivity index (χ1v) is 9.77. The predicted octanol–water partition coefficient (Wildman–Crippen LogP) is 3.50. The Morgan fingerprint density at radius 3 is 3.00 bits per heavy atom. The van der Waals surface area contributed by atoms with Crippen LogP contribution in [-0.2, 0) is 16.0 Å². The quantitative estimate of drug-likeness (QED) is 0.794. The number of allylic oxidation sites excluding steroid dienone is 2. The molecule has 6 heteroatoms. The van der Waals surface area contributed by atoms with Crippen LogP contribution in [0.1, 0.15) is 18.4 Å². The van der Waals surface area contributed by atoms with E-state index >= 15 is 0 Å². The molecule has 3 aliphatic rings. The summed E-state index contributed by atoms with van der Waals surface area (Å²) in [4.78, 5) is 22.4. The number of fused-ring (bicyclic) bond motifs is 1. The average Bonchev–Trinajstić information content (AvgIpc) is 3.08. The number of amides is 1. The van der Waals surface area contributed by atoms with Gasteiger partial charge in [0.15, 0.2) is 0 Å². The predicted molar refractivity (Wildman–Crippen MR) is 112 cm³/mol. The van der Waals surface area contributed by atoms with Crippen molar-refractivity contribution < 1.29 is 9.53 Å². The molecule has 0 bridgehead atoms. The fourth-order valence-corrected chi connectivity index (χ4v) is 3.79. The van der Waals surface area contributed by atoms with Crippen LogP contribution in [0.4, 0.5) is 5.69 Å². The molecule has 0 N–H and O–H groups in total. The minimum absolute atomic E-state index is 0.0238. The highest BCUT2D eigenvalue weighted by Gasteiger charge is 2.24. The lowest BCUT2D eigenvalue weighted by atomic mass is 9.85. The number of nitriles is 1. The Kier molecular flexibility index (Phi) is 5.39. The lowest BCUT2D eigenvalue weighted by molar-refractivity contribution is -0.128. The summed E-state index contributed by atoms with van der Waals surface area (Å²) in [7, 11) is 0. The molecule has 0 radical (unpaired) electrons. The standard InChI is InChI=1S/C23H22N4O2/c1-16-11-20(18-12-17-5-2-3-6-21(17)25-14-18)19(13-24)15-26-23(16)29-10-9-27-8-4-7-22(27)28/h2-3,5-6,11,14-15,18H,1,4,7-10,12H2. The van der Waals surface area contributed by atoms with Gasteiger partial charge in [-0.15, -0.1) is 0 Å². The zero-order valence-corrected chi connectivity index (χ0v) is 16.2. The van der Waals surface area contributed by atoms with E-state index in [0.717, 1.165) is 36.2 Å². The van der Waals surface area contributed by atoms with Crippen molar-refractivity contribution in [3.63, 3.8) is 0 Å². The Balaban J connectivity index is 1.48. The molecular weight excluding hydrogens is 364 g/mol. The number of rotatable bonds is 4. The third-order valence-corrected chi connectivity index (χ3v) is 5.34. The highest BCUT2D eigenvalue weighted by atomic mass is 16.5. The number of para-hydroxylation sites is 1. The van der Waals surface area contributed by atoms with E-state index in [-0.39, 0.29) is 11.8 Å². The van der Waals surface area contributed by atoms with Crippen molar-refractivity contribution in [3.8, 4) is 6.07 Å². The molecule has 0 aliphatic carbocycles. The maximum atomic E-state index is 11.7. The SMILES string of the molecule is C=C1C=C(C2C=Nc3ccccc3C2)C(C#N)=CN=C1OCCN1CCCC1=O. The lowest BCUT2D eigenvalue weighted by Gasteiger charge is -2.21. The second kappa shape index (κ2) is 8.27. The van der Waals surface area contributed by atoms with E-state index in [4.69, 9.17) is 4.74 Å². The fraction of sp³-hybridized carbons (Fsp3) is 0.304. The molecule has 0 spiro atoms. The largest absolute Gasteiger partial charge is 0.475 e. The molecule has 1 unspecified atom stereocenters. The van der Waals surface area contributed by atoms with Crippen LogP contribution in [0.3, 0.4) is 0 Å². The van der Waals surface area contributed by atoms with Gasteiger partial charge in [0.25, 0.3) is 0 Å². The van der Waals surface area contributed by atoms with E-state index in [1.165, 1.54) is 6.20 Å². The molecule has 6 nitrogen and oxygen atoms in total. The van der Waals surface area contributed by atoms with E-state index < -0.39 is 0 Å². The van der Waals surface area contributed by atoms with Crippen molar-refractivity contribution in [2.24, 2.45) is 15.9 Å². The van der Waals surface area contributed by atoms with Crippen LogP contribution in [0, 0.1) is 17.2 Å². The maximum Gasteiger partial charge on any atom is 0.222 e. The molecule has 0 saturated carbocycles. The zero-order valence-electron chi connectivity index (χ0n) is 16.2. The summed E-state index contributed by atoms with van der Waals surface area (Å²) in [5, 5.41) is 9.65. The van der Waals surface area contributed by atoms with Crippen LogP contribution in [0.5, 0.6) is 0 Å². The normalized spacial score (nSPS) is 21.0. The molecule has 0 aromatic heterocycles. The first kappa shape index (κ1) is 18.9. The Morgan fingerprint density at radius 1 is 1.34 bits per heavy atom. The summed E-state index contributed by atoms with van der Waals surface area (Å²) in [5.74, 6) is 0.526. The highest BCUT2D eigenvalue weighted by Crippen LogP contribution is 2.32. The lowest BCUT2D eigenvalue weighted by Crippen LogP contribution is -2.29. The number of likely N-dealkylation sites (tertiary alicyclic amines) is 1. The maximum absolute atomic E-state index is 11.7. The number of nitrogens with zero attached hydrogens (tertiary/aromatic N) is 4.